The molecule has 0 amide bonds. The van der Waals surface area contributed by atoms with Gasteiger partial charge in [-0.3, -0.25) is 0 Å². The molecule has 0 radical (unpaired) electrons. The zero-order chi connectivity index (χ0) is 9.80. The third-order valence-electron chi connectivity index (χ3n) is 2.02. The van der Waals surface area contributed by atoms with E-state index in [-0.39, 0.29) is 0 Å². The van der Waals surface area contributed by atoms with E-state index in [2.05, 4.69) is 43.7 Å². The molecule has 5 heteroatoms. The molecular formula is C9H11N3OS. The first-order valence-electron chi connectivity index (χ1n) is 4.37. The molecule has 74 valence electrons. The second-order valence-electron chi connectivity index (χ2n) is 3.01. The van der Waals surface area contributed by atoms with Crippen LogP contribution in [-0.4, -0.2) is 10.1 Å². The maximum Gasteiger partial charge on any atom is 0.213 e. The van der Waals surface area contributed by atoms with Crippen molar-refractivity contribution in [2.75, 3.05) is 0 Å². The zero-order valence-corrected chi connectivity index (χ0v) is 8.62. The molecule has 2 aromatic heterocycles. The average Bonchev–Trinajstić information content (AvgIpc) is 2.87. The molecule has 0 spiro atoms. The lowest BCUT2D eigenvalue weighted by Gasteiger charge is -2.09. The monoisotopic (exact) mass is 209 g/mol. The van der Waals surface area contributed by atoms with Gasteiger partial charge < -0.3 is 9.84 Å². The van der Waals surface area contributed by atoms with Crippen molar-refractivity contribution >= 4 is 11.3 Å². The summed E-state index contributed by atoms with van der Waals surface area (Å²) in [4.78, 5) is 3.93. The minimum absolute atomic E-state index is 0.319. The molecule has 14 heavy (non-hydrogen) atoms. The van der Waals surface area contributed by atoms with E-state index in [0.29, 0.717) is 18.4 Å². The molecule has 1 unspecified atom stereocenters. The zero-order valence-electron chi connectivity index (χ0n) is 7.80. The predicted octanol–water partition coefficient (Wildman–Crippen LogP) is 1.98. The molecule has 0 fully saturated rings. The van der Waals surface area contributed by atoms with Crippen molar-refractivity contribution in [2.45, 2.75) is 19.5 Å². The fraction of sp³-hybridized carbons (Fsp3) is 0.333. The van der Waals surface area contributed by atoms with Crippen LogP contribution < -0.4 is 5.32 Å². The maximum absolute atomic E-state index is 4.64. The Morgan fingerprint density at radius 1 is 1.64 bits per heavy atom. The fourth-order valence-corrected chi connectivity index (χ4v) is 1.91. The lowest BCUT2D eigenvalue weighted by atomic mass is 10.2. The lowest BCUT2D eigenvalue weighted by Crippen LogP contribution is -2.18. The van der Waals surface area contributed by atoms with Crippen LogP contribution in [0.3, 0.4) is 0 Å². The van der Waals surface area contributed by atoms with Gasteiger partial charge in [0.1, 0.15) is 0 Å². The van der Waals surface area contributed by atoms with Gasteiger partial charge in [0.15, 0.2) is 5.82 Å². The van der Waals surface area contributed by atoms with Crippen LogP contribution in [0.25, 0.3) is 0 Å². The first kappa shape index (κ1) is 9.36. The normalized spacial score (nSPS) is 12.9. The average molecular weight is 209 g/mol. The van der Waals surface area contributed by atoms with Crippen LogP contribution in [0.15, 0.2) is 27.7 Å². The molecule has 1 N–H and O–H groups in total. The van der Waals surface area contributed by atoms with Crippen molar-refractivity contribution in [1.29, 1.82) is 0 Å². The highest BCUT2D eigenvalue weighted by molar-refractivity contribution is 7.07. The van der Waals surface area contributed by atoms with Gasteiger partial charge in [-0.05, 0) is 29.3 Å². The highest BCUT2D eigenvalue weighted by Gasteiger charge is 2.06. The summed E-state index contributed by atoms with van der Waals surface area (Å²) in [6.45, 7) is 2.75. The van der Waals surface area contributed by atoms with Gasteiger partial charge in [0, 0.05) is 6.04 Å². The van der Waals surface area contributed by atoms with E-state index in [1.54, 1.807) is 11.3 Å². The molecule has 2 aromatic rings. The van der Waals surface area contributed by atoms with Crippen LogP contribution in [0.1, 0.15) is 24.4 Å². The Hall–Kier alpha value is -1.20. The highest BCUT2D eigenvalue weighted by atomic mass is 32.1. The maximum atomic E-state index is 4.64. The molecule has 0 saturated carbocycles. The highest BCUT2D eigenvalue weighted by Crippen LogP contribution is 2.15. The molecule has 0 saturated heterocycles. The Bertz CT molecular complexity index is 357. The van der Waals surface area contributed by atoms with E-state index in [1.165, 1.54) is 12.0 Å². The fourth-order valence-electron chi connectivity index (χ4n) is 1.15. The summed E-state index contributed by atoms with van der Waals surface area (Å²) in [6.07, 6.45) is 1.34. The molecule has 0 bridgehead atoms. The van der Waals surface area contributed by atoms with Crippen LogP contribution in [0, 0.1) is 0 Å². The summed E-state index contributed by atoms with van der Waals surface area (Å²) in [5, 5.41) is 11.2. The first-order chi connectivity index (χ1) is 6.86. The van der Waals surface area contributed by atoms with Crippen LogP contribution in [0.4, 0.5) is 0 Å². The van der Waals surface area contributed by atoms with Gasteiger partial charge in [-0.1, -0.05) is 5.16 Å². The number of aromatic nitrogens is 2. The Balaban J connectivity index is 1.87. The standard InChI is InChI=1S/C9H11N3OS/c1-7(8-2-3-14-5-8)10-4-9-11-6-13-12-9/h2-3,5-7,10H,4H2,1H3. The number of rotatable bonds is 4. The van der Waals surface area contributed by atoms with Crippen molar-refractivity contribution in [2.24, 2.45) is 0 Å². The van der Waals surface area contributed by atoms with Crippen molar-refractivity contribution in [3.8, 4) is 0 Å². The third-order valence-corrected chi connectivity index (χ3v) is 2.72. The summed E-state index contributed by atoms with van der Waals surface area (Å²) in [5.74, 6) is 0.687. The smallest absolute Gasteiger partial charge is 0.213 e. The van der Waals surface area contributed by atoms with Crippen LogP contribution in [-0.2, 0) is 6.54 Å². The Morgan fingerprint density at radius 3 is 3.21 bits per heavy atom. The molecule has 0 aliphatic heterocycles. The third kappa shape index (κ3) is 2.18. The van der Waals surface area contributed by atoms with Gasteiger partial charge in [0.05, 0.1) is 6.54 Å². The van der Waals surface area contributed by atoms with E-state index in [1.807, 2.05) is 0 Å². The van der Waals surface area contributed by atoms with Gasteiger partial charge in [-0.25, -0.2) is 0 Å². The molecule has 2 heterocycles. The molecule has 0 aromatic carbocycles. The topological polar surface area (TPSA) is 51.0 Å². The van der Waals surface area contributed by atoms with Crippen molar-refractivity contribution in [3.63, 3.8) is 0 Å². The van der Waals surface area contributed by atoms with E-state index >= 15 is 0 Å². The van der Waals surface area contributed by atoms with E-state index < -0.39 is 0 Å². The second kappa shape index (κ2) is 4.34. The minimum atomic E-state index is 0.319. The molecule has 2 rings (SSSR count). The lowest BCUT2D eigenvalue weighted by molar-refractivity contribution is 0.405. The van der Waals surface area contributed by atoms with E-state index in [0.717, 1.165) is 0 Å². The number of hydrogen-bond acceptors (Lipinski definition) is 5. The Morgan fingerprint density at radius 2 is 2.57 bits per heavy atom. The van der Waals surface area contributed by atoms with Crippen LogP contribution in [0.5, 0.6) is 0 Å². The molecule has 4 nitrogen and oxygen atoms in total. The van der Waals surface area contributed by atoms with Gasteiger partial charge >= 0.3 is 0 Å². The Kier molecular flexibility index (Phi) is 2.90. The SMILES string of the molecule is CC(NCc1ncon1)c1ccsc1. The summed E-state index contributed by atoms with van der Waals surface area (Å²) in [6, 6.07) is 2.43. The van der Waals surface area contributed by atoms with Gasteiger partial charge in [-0.15, -0.1) is 0 Å². The summed E-state index contributed by atoms with van der Waals surface area (Å²) >= 11 is 1.70. The predicted molar refractivity (Wildman–Crippen MR) is 53.9 cm³/mol. The second-order valence-corrected chi connectivity index (χ2v) is 3.79. The van der Waals surface area contributed by atoms with Crippen molar-refractivity contribution in [1.82, 2.24) is 15.5 Å². The van der Waals surface area contributed by atoms with Gasteiger partial charge in [-0.2, -0.15) is 16.3 Å². The van der Waals surface area contributed by atoms with E-state index in [4.69, 9.17) is 0 Å². The quantitative estimate of drug-likeness (QED) is 0.836. The van der Waals surface area contributed by atoms with Crippen LogP contribution in [0.2, 0.25) is 0 Å². The summed E-state index contributed by atoms with van der Waals surface area (Å²) in [7, 11) is 0. The number of nitrogens with zero attached hydrogens (tertiary/aromatic N) is 2. The largest absolute Gasteiger partial charge is 0.343 e. The Labute approximate surface area is 86.0 Å². The van der Waals surface area contributed by atoms with Crippen molar-refractivity contribution in [3.05, 3.63) is 34.6 Å². The number of hydrogen-bond donors (Lipinski definition) is 1. The van der Waals surface area contributed by atoms with Gasteiger partial charge in [0.2, 0.25) is 6.39 Å². The number of thiophene rings is 1. The summed E-state index contributed by atoms with van der Waals surface area (Å²) < 4.78 is 4.64. The number of nitrogens with one attached hydrogen (secondary N) is 1. The summed E-state index contributed by atoms with van der Waals surface area (Å²) in [5.41, 5.74) is 1.29. The molecule has 0 aliphatic carbocycles. The minimum Gasteiger partial charge on any atom is -0.343 e. The van der Waals surface area contributed by atoms with Crippen LogP contribution >= 0.6 is 11.3 Å². The van der Waals surface area contributed by atoms with Crippen molar-refractivity contribution < 1.29 is 4.52 Å². The molecule has 0 aliphatic rings. The first-order valence-corrected chi connectivity index (χ1v) is 5.31. The van der Waals surface area contributed by atoms with Gasteiger partial charge in [0.25, 0.3) is 0 Å². The molecule has 1 atom stereocenters. The molecular weight excluding hydrogens is 198 g/mol. The van der Waals surface area contributed by atoms with E-state index in [9.17, 15) is 0 Å².